The summed E-state index contributed by atoms with van der Waals surface area (Å²) in [6.45, 7) is 7.92. The zero-order valence-corrected chi connectivity index (χ0v) is 15.3. The molecule has 0 saturated heterocycles. The van der Waals surface area contributed by atoms with Gasteiger partial charge in [-0.25, -0.2) is 0 Å². The van der Waals surface area contributed by atoms with Crippen molar-refractivity contribution in [1.29, 1.82) is 0 Å². The monoisotopic (exact) mass is 353 g/mol. The normalized spacial score (nSPS) is 10.7. The SMILES string of the molecule is C.Cc1cc(=O)n(-c2ccc(OC(C)C)cc2C)cc1-c1cnn(C)c1. The number of aryl methyl sites for hydroxylation is 3. The summed E-state index contributed by atoms with van der Waals surface area (Å²) in [6, 6.07) is 7.46. The van der Waals surface area contributed by atoms with Crippen molar-refractivity contribution in [2.75, 3.05) is 0 Å². The highest BCUT2D eigenvalue weighted by molar-refractivity contribution is 5.65. The third kappa shape index (κ3) is 3.87. The molecule has 0 atom stereocenters. The predicted molar refractivity (Wildman–Crippen MR) is 106 cm³/mol. The van der Waals surface area contributed by atoms with Crippen LogP contribution >= 0.6 is 0 Å². The molecule has 0 bridgehead atoms. The van der Waals surface area contributed by atoms with Crippen LogP contribution in [0.25, 0.3) is 16.8 Å². The van der Waals surface area contributed by atoms with Crippen molar-refractivity contribution in [3.63, 3.8) is 0 Å². The standard InChI is InChI=1S/C20H23N3O2.CH4/c1-13(2)25-17-6-7-19(15(4)8-17)23-12-18(14(3)9-20(23)24)16-10-21-22(5)11-16;/h6-13H,1-5H3;1H4. The lowest BCUT2D eigenvalue weighted by molar-refractivity contribution is 0.242. The highest BCUT2D eigenvalue weighted by Crippen LogP contribution is 2.25. The van der Waals surface area contributed by atoms with E-state index in [-0.39, 0.29) is 19.1 Å². The number of hydrogen-bond donors (Lipinski definition) is 0. The third-order valence-electron chi connectivity index (χ3n) is 4.08. The van der Waals surface area contributed by atoms with Crippen LogP contribution in [-0.4, -0.2) is 20.5 Å². The molecule has 3 aromatic rings. The van der Waals surface area contributed by atoms with E-state index < -0.39 is 0 Å². The molecule has 0 radical (unpaired) electrons. The Morgan fingerprint density at radius 3 is 2.38 bits per heavy atom. The second-order valence-electron chi connectivity index (χ2n) is 6.60. The van der Waals surface area contributed by atoms with Gasteiger partial charge in [-0.2, -0.15) is 5.10 Å². The Morgan fingerprint density at radius 1 is 1.08 bits per heavy atom. The fraction of sp³-hybridized carbons (Fsp3) is 0.333. The number of hydrogen-bond acceptors (Lipinski definition) is 3. The summed E-state index contributed by atoms with van der Waals surface area (Å²) in [6.07, 6.45) is 5.76. The lowest BCUT2D eigenvalue weighted by Gasteiger charge is -2.15. The van der Waals surface area contributed by atoms with Crippen LogP contribution in [0.3, 0.4) is 0 Å². The third-order valence-corrected chi connectivity index (χ3v) is 4.08. The number of nitrogens with zero attached hydrogens (tertiary/aromatic N) is 3. The maximum atomic E-state index is 12.6. The second-order valence-corrected chi connectivity index (χ2v) is 6.60. The molecule has 3 rings (SSSR count). The Balaban J connectivity index is 0.00000243. The highest BCUT2D eigenvalue weighted by Gasteiger charge is 2.11. The topological polar surface area (TPSA) is 49.1 Å². The van der Waals surface area contributed by atoms with Crippen LogP contribution < -0.4 is 10.3 Å². The first-order chi connectivity index (χ1) is 11.8. The van der Waals surface area contributed by atoms with E-state index in [0.717, 1.165) is 33.7 Å². The summed E-state index contributed by atoms with van der Waals surface area (Å²) < 4.78 is 9.17. The van der Waals surface area contributed by atoms with Crippen molar-refractivity contribution < 1.29 is 4.74 Å². The smallest absolute Gasteiger partial charge is 0.255 e. The molecule has 0 spiro atoms. The van der Waals surface area contributed by atoms with Crippen LogP contribution in [0.5, 0.6) is 5.75 Å². The quantitative estimate of drug-likeness (QED) is 0.703. The summed E-state index contributed by atoms with van der Waals surface area (Å²) in [7, 11) is 1.88. The van der Waals surface area contributed by atoms with E-state index in [9.17, 15) is 4.79 Å². The molecule has 1 aromatic carbocycles. The molecule has 5 nitrogen and oxygen atoms in total. The van der Waals surface area contributed by atoms with Gasteiger partial charge in [0, 0.05) is 36.6 Å². The van der Waals surface area contributed by atoms with Gasteiger partial charge in [-0.15, -0.1) is 0 Å². The molecule has 0 unspecified atom stereocenters. The maximum absolute atomic E-state index is 12.6. The van der Waals surface area contributed by atoms with Gasteiger partial charge in [0.25, 0.3) is 5.56 Å². The van der Waals surface area contributed by atoms with Gasteiger partial charge in [0.2, 0.25) is 0 Å². The van der Waals surface area contributed by atoms with Crippen LogP contribution in [0.4, 0.5) is 0 Å². The minimum atomic E-state index is -0.0502. The number of benzene rings is 1. The van der Waals surface area contributed by atoms with Gasteiger partial charge in [-0.3, -0.25) is 14.0 Å². The average molecular weight is 353 g/mol. The Labute approximate surface area is 154 Å². The van der Waals surface area contributed by atoms with Gasteiger partial charge in [0.15, 0.2) is 0 Å². The van der Waals surface area contributed by atoms with Gasteiger partial charge < -0.3 is 4.74 Å². The molecule has 2 aromatic heterocycles. The van der Waals surface area contributed by atoms with Crippen LogP contribution in [-0.2, 0) is 7.05 Å². The van der Waals surface area contributed by atoms with Crippen molar-refractivity contribution >= 4 is 0 Å². The molecule has 0 fully saturated rings. The van der Waals surface area contributed by atoms with Gasteiger partial charge in [0.05, 0.1) is 18.0 Å². The highest BCUT2D eigenvalue weighted by atomic mass is 16.5. The molecule has 5 heteroatoms. The van der Waals surface area contributed by atoms with E-state index in [0.29, 0.717) is 0 Å². The van der Waals surface area contributed by atoms with Gasteiger partial charge in [0.1, 0.15) is 5.75 Å². The minimum absolute atomic E-state index is 0. The van der Waals surface area contributed by atoms with Crippen LogP contribution in [0.2, 0.25) is 0 Å². The maximum Gasteiger partial charge on any atom is 0.255 e. The molecule has 0 aliphatic heterocycles. The van der Waals surface area contributed by atoms with Crippen LogP contribution in [0.1, 0.15) is 32.4 Å². The van der Waals surface area contributed by atoms with Crippen molar-refractivity contribution in [2.45, 2.75) is 41.2 Å². The largest absolute Gasteiger partial charge is 0.491 e. The first-order valence-corrected chi connectivity index (χ1v) is 8.35. The minimum Gasteiger partial charge on any atom is -0.491 e. The molecule has 0 N–H and O–H groups in total. The number of rotatable bonds is 4. The zero-order valence-electron chi connectivity index (χ0n) is 15.3. The summed E-state index contributed by atoms with van der Waals surface area (Å²) in [5.74, 6) is 0.809. The molecule has 2 heterocycles. The molecule has 138 valence electrons. The van der Waals surface area contributed by atoms with E-state index in [4.69, 9.17) is 4.74 Å². The van der Waals surface area contributed by atoms with E-state index >= 15 is 0 Å². The fourth-order valence-corrected chi connectivity index (χ4v) is 2.92. The van der Waals surface area contributed by atoms with E-state index in [1.165, 1.54) is 0 Å². The molecule has 0 saturated carbocycles. The molecular formula is C21H27N3O2. The summed E-state index contributed by atoms with van der Waals surface area (Å²) >= 11 is 0. The molecular weight excluding hydrogens is 326 g/mol. The summed E-state index contributed by atoms with van der Waals surface area (Å²) in [5, 5.41) is 4.23. The lowest BCUT2D eigenvalue weighted by atomic mass is 10.1. The average Bonchev–Trinajstić information content (AvgIpc) is 2.94. The zero-order chi connectivity index (χ0) is 18.1. The predicted octanol–water partition coefficient (Wildman–Crippen LogP) is 4.28. The Kier molecular flexibility index (Phi) is 5.70. The van der Waals surface area contributed by atoms with E-state index in [1.807, 2.05) is 71.5 Å². The van der Waals surface area contributed by atoms with Crippen molar-refractivity contribution in [3.05, 3.63) is 64.3 Å². The van der Waals surface area contributed by atoms with Crippen molar-refractivity contribution in [2.24, 2.45) is 7.05 Å². The first kappa shape index (κ1) is 19.5. The molecule has 0 amide bonds. The number of aromatic nitrogens is 3. The van der Waals surface area contributed by atoms with Crippen LogP contribution in [0, 0.1) is 13.8 Å². The fourth-order valence-electron chi connectivity index (χ4n) is 2.92. The first-order valence-electron chi connectivity index (χ1n) is 8.35. The lowest BCUT2D eigenvalue weighted by Crippen LogP contribution is -2.18. The summed E-state index contributed by atoms with van der Waals surface area (Å²) in [4.78, 5) is 12.6. The van der Waals surface area contributed by atoms with Crippen molar-refractivity contribution in [3.8, 4) is 22.6 Å². The molecule has 0 aliphatic carbocycles. The van der Waals surface area contributed by atoms with Gasteiger partial charge in [-0.1, -0.05) is 7.43 Å². The van der Waals surface area contributed by atoms with E-state index in [2.05, 4.69) is 5.10 Å². The van der Waals surface area contributed by atoms with Crippen molar-refractivity contribution in [1.82, 2.24) is 14.3 Å². The Hall–Kier alpha value is -2.82. The summed E-state index contributed by atoms with van der Waals surface area (Å²) in [5.41, 5.74) is 4.71. The number of pyridine rings is 1. The molecule has 26 heavy (non-hydrogen) atoms. The Bertz CT molecular complexity index is 968. The Morgan fingerprint density at radius 2 is 1.81 bits per heavy atom. The second kappa shape index (κ2) is 7.60. The van der Waals surface area contributed by atoms with Gasteiger partial charge in [-0.05, 0) is 57.0 Å². The number of ether oxygens (including phenoxy) is 1. The molecule has 0 aliphatic rings. The van der Waals surface area contributed by atoms with Crippen LogP contribution in [0.15, 0.2) is 47.7 Å². The van der Waals surface area contributed by atoms with E-state index in [1.54, 1.807) is 15.3 Å². The van der Waals surface area contributed by atoms with Gasteiger partial charge >= 0.3 is 0 Å².